The Kier molecular flexibility index (Phi) is 3.80. The van der Waals surface area contributed by atoms with Gasteiger partial charge >= 0.3 is 6.18 Å². The summed E-state index contributed by atoms with van der Waals surface area (Å²) in [5.74, 6) is -1.14. The van der Waals surface area contributed by atoms with E-state index in [0.717, 1.165) is 17.8 Å². The molecule has 6 heteroatoms. The van der Waals surface area contributed by atoms with E-state index in [2.05, 4.69) is 12.3 Å². The fourth-order valence-electron chi connectivity index (χ4n) is 1.25. The average Bonchev–Trinajstić information content (AvgIpc) is 2.25. The van der Waals surface area contributed by atoms with Crippen LogP contribution in [0.15, 0.2) is 29.3 Å². The van der Waals surface area contributed by atoms with Crippen LogP contribution in [0.2, 0.25) is 0 Å². The van der Waals surface area contributed by atoms with Crippen molar-refractivity contribution in [1.29, 1.82) is 0 Å². The number of aromatic hydroxyl groups is 1. The minimum atomic E-state index is -4.55. The van der Waals surface area contributed by atoms with Gasteiger partial charge in [0.05, 0.1) is 11.1 Å². The molecule has 0 amide bonds. The van der Waals surface area contributed by atoms with Crippen LogP contribution in [0.5, 0.6) is 5.75 Å². The molecule has 0 bridgehead atoms. The maximum absolute atomic E-state index is 12.5. The summed E-state index contributed by atoms with van der Waals surface area (Å²) in [6, 6.07) is 1.41. The highest BCUT2D eigenvalue weighted by molar-refractivity contribution is 7.98. The maximum Gasteiger partial charge on any atom is 0.416 e. The minimum absolute atomic E-state index is 0.0968. The van der Waals surface area contributed by atoms with Gasteiger partial charge in [0.15, 0.2) is 5.76 Å². The molecule has 92 valence electrons. The number of alkyl halides is 3. The summed E-state index contributed by atoms with van der Waals surface area (Å²) in [5.41, 5.74) is 1.05. The van der Waals surface area contributed by atoms with Crippen LogP contribution in [0.4, 0.5) is 13.2 Å². The van der Waals surface area contributed by atoms with Gasteiger partial charge in [-0.1, -0.05) is 12.3 Å². The zero-order valence-corrected chi connectivity index (χ0v) is 9.61. The fraction of sp³-hybridized carbons (Fsp3) is 0.182. The van der Waals surface area contributed by atoms with Crippen LogP contribution in [0.25, 0.3) is 5.76 Å². The zero-order valence-electron chi connectivity index (χ0n) is 8.80. The number of aliphatic hydroxyl groups excluding tert-OH is 1. The lowest BCUT2D eigenvalue weighted by molar-refractivity contribution is -0.137. The van der Waals surface area contributed by atoms with Gasteiger partial charge < -0.3 is 10.2 Å². The van der Waals surface area contributed by atoms with Crippen molar-refractivity contribution in [3.05, 3.63) is 35.6 Å². The molecule has 0 saturated carbocycles. The van der Waals surface area contributed by atoms with Crippen molar-refractivity contribution < 1.29 is 23.4 Å². The molecule has 0 radical (unpaired) electrons. The lowest BCUT2D eigenvalue weighted by Crippen LogP contribution is -2.05. The minimum Gasteiger partial charge on any atom is -0.507 e. The monoisotopic (exact) mass is 262 g/mol. The van der Waals surface area contributed by atoms with E-state index >= 15 is 0 Å². The van der Waals surface area contributed by atoms with E-state index in [-0.39, 0.29) is 10.5 Å². The van der Waals surface area contributed by atoms with Crippen LogP contribution >= 0.6 is 11.8 Å². The number of hydrogen-bond donors (Lipinski definition) is 2. The number of aliphatic hydroxyl groups is 1. The van der Waals surface area contributed by atoms with E-state index < -0.39 is 23.2 Å². The van der Waals surface area contributed by atoms with E-state index in [1.165, 1.54) is 6.26 Å². The Hall–Kier alpha value is -1.52. The van der Waals surface area contributed by atoms with Gasteiger partial charge in [-0.05, 0) is 18.4 Å². The fourth-order valence-corrected chi connectivity index (χ4v) is 1.90. The van der Waals surface area contributed by atoms with Crippen LogP contribution in [0, 0.1) is 0 Å². The van der Waals surface area contributed by atoms with Crippen molar-refractivity contribution >= 4 is 17.5 Å². The first-order valence-corrected chi connectivity index (χ1v) is 5.61. The predicted octanol–water partition coefficient (Wildman–Crippen LogP) is 3.82. The Balaban J connectivity index is 3.52. The molecule has 0 spiro atoms. The smallest absolute Gasteiger partial charge is 0.416 e. The number of benzene rings is 1. The third-order valence-corrected chi connectivity index (χ3v) is 2.79. The van der Waals surface area contributed by atoms with Gasteiger partial charge in [0.2, 0.25) is 0 Å². The summed E-state index contributed by atoms with van der Waals surface area (Å²) < 4.78 is 37.4. The second kappa shape index (κ2) is 4.77. The molecule has 0 aromatic heterocycles. The second-order valence-corrected chi connectivity index (χ2v) is 3.94. The molecule has 0 heterocycles. The van der Waals surface area contributed by atoms with Crippen molar-refractivity contribution in [3.63, 3.8) is 0 Å². The molecule has 2 N–H and O–H groups in total. The van der Waals surface area contributed by atoms with E-state index in [9.17, 15) is 23.4 Å². The van der Waals surface area contributed by atoms with Crippen molar-refractivity contribution in [2.75, 3.05) is 6.26 Å². The van der Waals surface area contributed by atoms with Gasteiger partial charge in [0.1, 0.15) is 5.75 Å². The van der Waals surface area contributed by atoms with Gasteiger partial charge in [0, 0.05) is 4.90 Å². The number of hydrogen-bond acceptors (Lipinski definition) is 3. The highest BCUT2D eigenvalue weighted by atomic mass is 32.2. The first kappa shape index (κ1) is 13.5. The predicted molar refractivity (Wildman–Crippen MR) is 60.1 cm³/mol. The first-order valence-electron chi connectivity index (χ1n) is 4.38. The second-order valence-electron chi connectivity index (χ2n) is 3.10. The van der Waals surface area contributed by atoms with Crippen molar-refractivity contribution in [3.8, 4) is 5.75 Å². The van der Waals surface area contributed by atoms with Crippen molar-refractivity contribution in [1.82, 2.24) is 0 Å². The highest BCUT2D eigenvalue weighted by Crippen LogP contribution is 2.39. The van der Waals surface area contributed by atoms with E-state index in [1.807, 2.05) is 0 Å². The molecule has 1 aromatic carbocycles. The number of halogens is 3. The van der Waals surface area contributed by atoms with Crippen molar-refractivity contribution in [2.45, 2.75) is 11.1 Å². The van der Waals surface area contributed by atoms with Gasteiger partial charge in [-0.3, -0.25) is 0 Å². The molecule has 0 saturated heterocycles. The summed E-state index contributed by atoms with van der Waals surface area (Å²) in [4.78, 5) is 0.103. The largest absolute Gasteiger partial charge is 0.507 e. The molecule has 0 aliphatic heterocycles. The molecular formula is C11H9F3O2S. The lowest BCUT2D eigenvalue weighted by atomic mass is 10.1. The molecule has 0 fully saturated rings. The number of thioether (sulfide) groups is 1. The number of phenolic OH excluding ortho intramolecular Hbond substituents is 1. The van der Waals surface area contributed by atoms with Crippen LogP contribution in [0.3, 0.4) is 0 Å². The number of rotatable bonds is 2. The lowest BCUT2D eigenvalue weighted by Gasteiger charge is -2.13. The van der Waals surface area contributed by atoms with Crippen LogP contribution < -0.4 is 0 Å². The Morgan fingerprint density at radius 3 is 2.41 bits per heavy atom. The van der Waals surface area contributed by atoms with Gasteiger partial charge in [-0.2, -0.15) is 13.2 Å². The zero-order chi connectivity index (χ0) is 13.2. The quantitative estimate of drug-likeness (QED) is 0.483. The number of phenols is 1. The van der Waals surface area contributed by atoms with Gasteiger partial charge in [0.25, 0.3) is 0 Å². The van der Waals surface area contributed by atoms with Gasteiger partial charge in [-0.15, -0.1) is 11.8 Å². The Morgan fingerprint density at radius 1 is 1.41 bits per heavy atom. The molecule has 0 aliphatic carbocycles. The highest BCUT2D eigenvalue weighted by Gasteiger charge is 2.32. The van der Waals surface area contributed by atoms with Crippen LogP contribution in [-0.2, 0) is 6.18 Å². The van der Waals surface area contributed by atoms with Crippen LogP contribution in [-0.4, -0.2) is 16.5 Å². The summed E-state index contributed by atoms with van der Waals surface area (Å²) in [5, 5.41) is 18.9. The van der Waals surface area contributed by atoms with Crippen LogP contribution in [0.1, 0.15) is 11.1 Å². The Bertz CT molecular complexity index is 488. The molecular weight excluding hydrogens is 253 g/mol. The Morgan fingerprint density at radius 2 is 2.00 bits per heavy atom. The molecule has 2 nitrogen and oxygen atoms in total. The standard InChI is InChI=1S/C11H9F3O2S/c1-3-7(15)10-8(16)4-6(11(12,13)14)5-9(10)17-2/h4-5,15-16H,1H2,2H3. The third kappa shape index (κ3) is 2.78. The normalized spacial score (nSPS) is 11.1. The van der Waals surface area contributed by atoms with E-state index in [0.29, 0.717) is 6.07 Å². The Labute approximate surface area is 100 Å². The summed E-state index contributed by atoms with van der Waals surface area (Å²) in [6.07, 6.45) is -3.01. The molecule has 0 atom stereocenters. The topological polar surface area (TPSA) is 40.5 Å². The molecule has 1 rings (SSSR count). The van der Waals surface area contributed by atoms with Crippen molar-refractivity contribution in [2.24, 2.45) is 0 Å². The summed E-state index contributed by atoms with van der Waals surface area (Å²) >= 11 is 0.975. The van der Waals surface area contributed by atoms with E-state index in [4.69, 9.17) is 0 Å². The molecule has 0 aliphatic rings. The maximum atomic E-state index is 12.5. The first-order chi connectivity index (χ1) is 7.81. The third-order valence-electron chi connectivity index (χ3n) is 2.03. The summed E-state index contributed by atoms with van der Waals surface area (Å²) in [7, 11) is 0. The van der Waals surface area contributed by atoms with E-state index in [1.54, 1.807) is 0 Å². The van der Waals surface area contributed by atoms with Gasteiger partial charge in [-0.25, -0.2) is 0 Å². The molecule has 1 aromatic rings. The molecule has 0 unspecified atom stereocenters. The average molecular weight is 262 g/mol. The molecule has 17 heavy (non-hydrogen) atoms. The summed E-state index contributed by atoms with van der Waals surface area (Å²) in [6.45, 7) is 3.17. The SMILES string of the molecule is C=C=C(O)c1c(O)cc(C(F)(F)F)cc1SC.